The summed E-state index contributed by atoms with van der Waals surface area (Å²) < 4.78 is 23.0. The second kappa shape index (κ2) is 4.44. The van der Waals surface area contributed by atoms with E-state index in [-0.39, 0.29) is 12.1 Å². The van der Waals surface area contributed by atoms with Crippen LogP contribution in [0.5, 0.6) is 0 Å². The van der Waals surface area contributed by atoms with Gasteiger partial charge in [-0.05, 0) is 0 Å². The van der Waals surface area contributed by atoms with E-state index in [0.717, 1.165) is 0 Å². The van der Waals surface area contributed by atoms with Gasteiger partial charge in [-0.3, -0.25) is 19.6 Å². The lowest BCUT2D eigenvalue weighted by molar-refractivity contribution is -0.240. The summed E-state index contributed by atoms with van der Waals surface area (Å²) in [5, 5.41) is 0. The minimum Gasteiger partial charge on any atom is -0.319 e. The smallest absolute Gasteiger partial charge is 0.319 e. The standard InChI is InChI=1S/C12H18N4O6/c1-13-5-6(14(2)11(13)17)20-9(19-5)10-21-7-8(22-10)16(4)12(18)15(7)3/h5-10H,1-4H3/t5-,6-,7+,8+. The first-order chi connectivity index (χ1) is 10.4. The minimum atomic E-state index is -0.754. The summed E-state index contributed by atoms with van der Waals surface area (Å²) in [6.07, 6.45) is -3.48. The molecule has 0 radical (unpaired) electrons. The van der Waals surface area contributed by atoms with Gasteiger partial charge in [0.25, 0.3) is 0 Å². The molecule has 0 aromatic rings. The summed E-state index contributed by atoms with van der Waals surface area (Å²) in [6, 6.07) is -0.327. The zero-order valence-electron chi connectivity index (χ0n) is 12.7. The van der Waals surface area contributed by atoms with Crippen LogP contribution in [0.3, 0.4) is 0 Å². The Bertz CT molecular complexity index is 446. The van der Waals surface area contributed by atoms with Gasteiger partial charge >= 0.3 is 12.1 Å². The zero-order chi connectivity index (χ0) is 15.8. The molecule has 0 spiro atoms. The Labute approximate surface area is 127 Å². The zero-order valence-corrected chi connectivity index (χ0v) is 12.7. The fourth-order valence-corrected chi connectivity index (χ4v) is 3.20. The molecule has 0 unspecified atom stereocenters. The Morgan fingerprint density at radius 2 is 0.818 bits per heavy atom. The molecule has 4 atom stereocenters. The number of carbonyl (C=O) groups excluding carboxylic acids is 2. The van der Waals surface area contributed by atoms with Crippen LogP contribution in [0.2, 0.25) is 0 Å². The summed E-state index contributed by atoms with van der Waals surface area (Å²) in [6.45, 7) is 0. The number of hydrogen-bond donors (Lipinski definition) is 0. The molecule has 4 aliphatic rings. The number of likely N-dealkylation sites (N-methyl/N-ethyl adjacent to an activating group) is 4. The molecule has 4 amide bonds. The molecule has 122 valence electrons. The van der Waals surface area contributed by atoms with Crippen molar-refractivity contribution in [1.29, 1.82) is 0 Å². The summed E-state index contributed by atoms with van der Waals surface area (Å²) >= 11 is 0. The third kappa shape index (κ3) is 1.63. The molecule has 4 saturated heterocycles. The molecule has 0 aliphatic carbocycles. The van der Waals surface area contributed by atoms with Crippen molar-refractivity contribution in [3.05, 3.63) is 0 Å². The second-order valence-corrected chi connectivity index (χ2v) is 5.85. The molecule has 0 aromatic carbocycles. The minimum absolute atomic E-state index is 0.163. The predicted octanol–water partition coefficient (Wildman–Crippen LogP) is -0.969. The predicted molar refractivity (Wildman–Crippen MR) is 68.9 cm³/mol. The van der Waals surface area contributed by atoms with Crippen molar-refractivity contribution in [2.24, 2.45) is 0 Å². The van der Waals surface area contributed by atoms with Crippen LogP contribution in [-0.2, 0) is 18.9 Å². The van der Waals surface area contributed by atoms with Crippen molar-refractivity contribution in [3.63, 3.8) is 0 Å². The van der Waals surface area contributed by atoms with Gasteiger partial charge in [-0.2, -0.15) is 0 Å². The summed E-state index contributed by atoms with van der Waals surface area (Å²) in [7, 11) is 6.61. The highest BCUT2D eigenvalue weighted by Gasteiger charge is 2.58. The third-order valence-electron chi connectivity index (χ3n) is 4.54. The van der Waals surface area contributed by atoms with E-state index in [1.807, 2.05) is 0 Å². The average Bonchev–Trinajstić information content (AvgIpc) is 3.21. The quantitative estimate of drug-likeness (QED) is 0.619. The number of hydrogen-bond acceptors (Lipinski definition) is 6. The van der Waals surface area contributed by atoms with Crippen molar-refractivity contribution < 1.29 is 28.5 Å². The molecule has 4 heterocycles. The van der Waals surface area contributed by atoms with Gasteiger partial charge in [0.1, 0.15) is 0 Å². The molecule has 10 heteroatoms. The molecular weight excluding hydrogens is 296 g/mol. The maximum Gasteiger partial charge on any atom is 0.323 e. The highest BCUT2D eigenvalue weighted by Crippen LogP contribution is 2.37. The molecule has 0 aromatic heterocycles. The van der Waals surface area contributed by atoms with E-state index < -0.39 is 37.5 Å². The first-order valence-electron chi connectivity index (χ1n) is 7.01. The largest absolute Gasteiger partial charge is 0.323 e. The van der Waals surface area contributed by atoms with Crippen LogP contribution in [0.1, 0.15) is 0 Å². The Morgan fingerprint density at radius 3 is 1.05 bits per heavy atom. The lowest BCUT2D eigenvalue weighted by Crippen LogP contribution is -2.40. The average molecular weight is 314 g/mol. The Kier molecular flexibility index (Phi) is 2.83. The highest BCUT2D eigenvalue weighted by molar-refractivity contribution is 5.77. The Morgan fingerprint density at radius 1 is 0.591 bits per heavy atom. The van der Waals surface area contributed by atoms with E-state index in [9.17, 15) is 9.59 Å². The van der Waals surface area contributed by atoms with Crippen molar-refractivity contribution >= 4 is 12.1 Å². The van der Waals surface area contributed by atoms with E-state index in [0.29, 0.717) is 0 Å². The fraction of sp³-hybridized carbons (Fsp3) is 0.833. The molecule has 0 bridgehead atoms. The van der Waals surface area contributed by atoms with E-state index in [2.05, 4.69) is 0 Å². The molecule has 4 rings (SSSR count). The van der Waals surface area contributed by atoms with Crippen LogP contribution in [0.15, 0.2) is 0 Å². The van der Waals surface area contributed by atoms with Gasteiger partial charge < -0.3 is 18.9 Å². The maximum atomic E-state index is 11.8. The molecule has 22 heavy (non-hydrogen) atoms. The first-order valence-corrected chi connectivity index (χ1v) is 7.01. The summed E-state index contributed by atoms with van der Waals surface area (Å²) in [5.41, 5.74) is 0. The third-order valence-corrected chi connectivity index (χ3v) is 4.54. The number of urea groups is 2. The number of ether oxygens (including phenoxy) is 4. The number of rotatable bonds is 1. The number of amides is 4. The van der Waals surface area contributed by atoms with Gasteiger partial charge in [0.2, 0.25) is 12.6 Å². The number of fused-ring (bicyclic) bond motifs is 2. The van der Waals surface area contributed by atoms with Crippen molar-refractivity contribution in [2.75, 3.05) is 28.2 Å². The highest BCUT2D eigenvalue weighted by atomic mass is 16.8. The van der Waals surface area contributed by atoms with Crippen molar-refractivity contribution in [3.8, 4) is 0 Å². The van der Waals surface area contributed by atoms with Crippen LogP contribution in [0.4, 0.5) is 9.59 Å². The molecule has 4 fully saturated rings. The monoisotopic (exact) mass is 314 g/mol. The van der Waals surface area contributed by atoms with Gasteiger partial charge in [-0.25, -0.2) is 9.59 Å². The maximum absolute atomic E-state index is 11.8. The molecule has 4 aliphatic heterocycles. The Balaban J connectivity index is 1.46. The number of nitrogens with zero attached hydrogens (tertiary/aromatic N) is 4. The van der Waals surface area contributed by atoms with E-state index in [1.165, 1.54) is 19.6 Å². The van der Waals surface area contributed by atoms with Crippen LogP contribution < -0.4 is 0 Å². The topological polar surface area (TPSA) is 84.0 Å². The van der Waals surface area contributed by atoms with Gasteiger partial charge in [0, 0.05) is 28.2 Å². The lowest BCUT2D eigenvalue weighted by atomic mass is 10.5. The van der Waals surface area contributed by atoms with Crippen LogP contribution in [-0.4, -0.2) is 97.3 Å². The number of carbonyl (C=O) groups is 2. The van der Waals surface area contributed by atoms with Crippen molar-refractivity contribution in [2.45, 2.75) is 37.5 Å². The van der Waals surface area contributed by atoms with Gasteiger partial charge in [-0.1, -0.05) is 0 Å². The van der Waals surface area contributed by atoms with Gasteiger partial charge in [-0.15, -0.1) is 0 Å². The SMILES string of the molecule is CN1C(=O)N(C)[C@@H]2OC(C3O[C@H]4[C@H](O3)N(C)C(=O)N4C)O[C@H]21. The molecule has 0 N–H and O–H groups in total. The molecular formula is C12H18N4O6. The normalized spacial score (nSPS) is 39.5. The summed E-state index contributed by atoms with van der Waals surface area (Å²) in [4.78, 5) is 29.5. The molecule has 10 nitrogen and oxygen atoms in total. The first kappa shape index (κ1) is 14.0. The van der Waals surface area contributed by atoms with Crippen molar-refractivity contribution in [1.82, 2.24) is 19.6 Å². The van der Waals surface area contributed by atoms with E-state index >= 15 is 0 Å². The molecule has 0 saturated carbocycles. The fourth-order valence-electron chi connectivity index (χ4n) is 3.20. The Hall–Kier alpha value is -1.62. The second-order valence-electron chi connectivity index (χ2n) is 5.85. The summed E-state index contributed by atoms with van der Waals surface area (Å²) in [5.74, 6) is 0. The van der Waals surface area contributed by atoms with Gasteiger partial charge in [0.15, 0.2) is 24.9 Å². The van der Waals surface area contributed by atoms with Crippen LogP contribution in [0, 0.1) is 0 Å². The van der Waals surface area contributed by atoms with Crippen LogP contribution in [0.25, 0.3) is 0 Å². The van der Waals surface area contributed by atoms with Crippen LogP contribution >= 0.6 is 0 Å². The van der Waals surface area contributed by atoms with E-state index in [4.69, 9.17) is 18.9 Å². The van der Waals surface area contributed by atoms with E-state index in [1.54, 1.807) is 28.2 Å². The lowest BCUT2D eigenvalue weighted by Gasteiger charge is -2.24. The van der Waals surface area contributed by atoms with Gasteiger partial charge in [0.05, 0.1) is 0 Å².